The van der Waals surface area contributed by atoms with Gasteiger partial charge in [0, 0.05) is 12.2 Å². The normalized spacial score (nSPS) is 23.2. The van der Waals surface area contributed by atoms with Gasteiger partial charge in [-0.1, -0.05) is 11.3 Å². The van der Waals surface area contributed by atoms with Crippen molar-refractivity contribution in [2.45, 2.75) is 43.7 Å². The fourth-order valence-corrected chi connectivity index (χ4v) is 3.41. The second-order valence-corrected chi connectivity index (χ2v) is 6.60. The third-order valence-electron chi connectivity index (χ3n) is 5.02. The zero-order chi connectivity index (χ0) is 16.7. The van der Waals surface area contributed by atoms with Crippen molar-refractivity contribution in [1.29, 1.82) is 0 Å². The van der Waals surface area contributed by atoms with Crippen LogP contribution in [0.4, 0.5) is 10.1 Å². The maximum Gasteiger partial charge on any atom is 0.251 e. The summed E-state index contributed by atoms with van der Waals surface area (Å²) in [6, 6.07) is 5.59. The van der Waals surface area contributed by atoms with Gasteiger partial charge in [0.15, 0.2) is 0 Å². The van der Waals surface area contributed by atoms with E-state index >= 15 is 0 Å². The molecule has 126 valence electrons. The highest BCUT2D eigenvalue weighted by atomic mass is 19.1. The molecule has 6 nitrogen and oxygen atoms in total. The van der Waals surface area contributed by atoms with Gasteiger partial charge < -0.3 is 10.0 Å². The molecule has 1 atom stereocenters. The maximum atomic E-state index is 13.5. The predicted octanol–water partition coefficient (Wildman–Crippen LogP) is 2.16. The predicted molar refractivity (Wildman–Crippen MR) is 84.8 cm³/mol. The summed E-state index contributed by atoms with van der Waals surface area (Å²) in [5, 5.41) is 18.5. The van der Waals surface area contributed by atoms with Crippen molar-refractivity contribution in [3.63, 3.8) is 0 Å². The van der Waals surface area contributed by atoms with Crippen LogP contribution in [0.5, 0.6) is 0 Å². The highest BCUT2D eigenvalue weighted by Gasteiger charge is 2.40. The molecule has 1 unspecified atom stereocenters. The minimum atomic E-state index is -0.891. The van der Waals surface area contributed by atoms with E-state index in [1.54, 1.807) is 27.9 Å². The Morgan fingerprint density at radius 1 is 1.29 bits per heavy atom. The van der Waals surface area contributed by atoms with Crippen molar-refractivity contribution in [1.82, 2.24) is 15.0 Å². The first-order valence-corrected chi connectivity index (χ1v) is 8.28. The second-order valence-electron chi connectivity index (χ2n) is 6.60. The topological polar surface area (TPSA) is 71.2 Å². The van der Waals surface area contributed by atoms with Crippen molar-refractivity contribution in [2.75, 3.05) is 11.4 Å². The number of halogens is 1. The molecule has 1 amide bonds. The van der Waals surface area contributed by atoms with Crippen LogP contribution >= 0.6 is 0 Å². The van der Waals surface area contributed by atoms with Gasteiger partial charge in [0.1, 0.15) is 23.2 Å². The van der Waals surface area contributed by atoms with Crippen LogP contribution in [0.1, 0.15) is 43.8 Å². The average molecular weight is 330 g/mol. The molecule has 1 saturated heterocycles. The van der Waals surface area contributed by atoms with Crippen LogP contribution < -0.4 is 4.90 Å². The van der Waals surface area contributed by atoms with E-state index < -0.39 is 11.6 Å². The third kappa shape index (κ3) is 2.49. The van der Waals surface area contributed by atoms with Crippen molar-refractivity contribution in [3.8, 4) is 0 Å². The number of hydrogen-bond acceptors (Lipinski definition) is 4. The van der Waals surface area contributed by atoms with Gasteiger partial charge in [0.05, 0.1) is 6.20 Å². The number of aliphatic hydroxyl groups is 1. The Labute approximate surface area is 138 Å². The van der Waals surface area contributed by atoms with E-state index in [1.165, 1.54) is 12.1 Å². The van der Waals surface area contributed by atoms with Gasteiger partial charge in [-0.3, -0.25) is 4.79 Å². The fraction of sp³-hybridized carbons (Fsp3) is 0.471. The molecule has 1 aromatic carbocycles. The van der Waals surface area contributed by atoms with E-state index in [9.17, 15) is 14.3 Å². The Bertz CT molecular complexity index is 771. The smallest absolute Gasteiger partial charge is 0.251 e. The molecular formula is C17H19FN4O2. The van der Waals surface area contributed by atoms with Crippen LogP contribution in [-0.2, 0) is 10.4 Å². The number of amides is 1. The van der Waals surface area contributed by atoms with E-state index in [4.69, 9.17) is 0 Å². The second kappa shape index (κ2) is 5.66. The van der Waals surface area contributed by atoms with E-state index in [0.717, 1.165) is 12.8 Å². The van der Waals surface area contributed by atoms with Gasteiger partial charge in [-0.15, -0.1) is 5.10 Å². The molecule has 1 aliphatic heterocycles. The standard InChI is InChI=1S/C17H19FN4O2/c18-12-4-1-5-13(10-12)21-9-2-6-14(16(21)23)22-11-15(19-20-22)17(24)7-3-8-17/h1,4-5,10-11,14,24H,2-3,6-9H2. The summed E-state index contributed by atoms with van der Waals surface area (Å²) >= 11 is 0. The molecular weight excluding hydrogens is 311 g/mol. The van der Waals surface area contributed by atoms with Crippen molar-refractivity contribution >= 4 is 11.6 Å². The molecule has 2 heterocycles. The van der Waals surface area contributed by atoms with E-state index in [-0.39, 0.29) is 11.7 Å². The van der Waals surface area contributed by atoms with E-state index in [0.29, 0.717) is 37.2 Å². The number of nitrogens with zero attached hydrogens (tertiary/aromatic N) is 4. The monoisotopic (exact) mass is 330 g/mol. The number of aromatic nitrogens is 3. The van der Waals surface area contributed by atoms with Gasteiger partial charge in [-0.25, -0.2) is 9.07 Å². The summed E-state index contributed by atoms with van der Waals surface area (Å²) in [6.07, 6.45) is 5.47. The van der Waals surface area contributed by atoms with Crippen LogP contribution in [0, 0.1) is 5.82 Å². The number of carbonyl (C=O) groups is 1. The molecule has 0 bridgehead atoms. The number of benzene rings is 1. The van der Waals surface area contributed by atoms with Gasteiger partial charge in [-0.2, -0.15) is 0 Å². The molecule has 0 radical (unpaired) electrons. The van der Waals surface area contributed by atoms with Gasteiger partial charge in [0.2, 0.25) is 0 Å². The van der Waals surface area contributed by atoms with Crippen molar-refractivity contribution in [3.05, 3.63) is 42.0 Å². The largest absolute Gasteiger partial charge is 0.383 e. The zero-order valence-corrected chi connectivity index (χ0v) is 13.2. The fourth-order valence-electron chi connectivity index (χ4n) is 3.41. The lowest BCUT2D eigenvalue weighted by Gasteiger charge is -2.34. The molecule has 2 aliphatic rings. The Morgan fingerprint density at radius 3 is 2.83 bits per heavy atom. The Morgan fingerprint density at radius 2 is 2.12 bits per heavy atom. The quantitative estimate of drug-likeness (QED) is 0.936. The number of rotatable bonds is 3. The number of piperidine rings is 1. The lowest BCUT2D eigenvalue weighted by Crippen LogP contribution is -2.42. The van der Waals surface area contributed by atoms with E-state index in [1.807, 2.05) is 0 Å². The van der Waals surface area contributed by atoms with Crippen molar-refractivity contribution < 1.29 is 14.3 Å². The first-order valence-electron chi connectivity index (χ1n) is 8.28. The van der Waals surface area contributed by atoms with Crippen LogP contribution in [-0.4, -0.2) is 32.6 Å². The molecule has 1 aromatic heterocycles. The maximum absolute atomic E-state index is 13.5. The third-order valence-corrected chi connectivity index (χ3v) is 5.02. The molecule has 1 aliphatic carbocycles. The molecule has 1 N–H and O–H groups in total. The molecule has 1 saturated carbocycles. The van der Waals surface area contributed by atoms with Gasteiger partial charge in [-0.05, 0) is 50.3 Å². The lowest BCUT2D eigenvalue weighted by molar-refractivity contribution is -0.123. The summed E-state index contributed by atoms with van der Waals surface area (Å²) in [5.74, 6) is -0.485. The zero-order valence-electron chi connectivity index (χ0n) is 13.2. The summed E-state index contributed by atoms with van der Waals surface area (Å²) in [4.78, 5) is 14.4. The van der Waals surface area contributed by atoms with Crippen LogP contribution in [0.3, 0.4) is 0 Å². The lowest BCUT2D eigenvalue weighted by atomic mass is 9.78. The van der Waals surface area contributed by atoms with Crippen LogP contribution in [0.2, 0.25) is 0 Å². The number of carbonyl (C=O) groups excluding carboxylic acids is 1. The summed E-state index contributed by atoms with van der Waals surface area (Å²) < 4.78 is 15.0. The van der Waals surface area contributed by atoms with Gasteiger partial charge in [0.25, 0.3) is 5.91 Å². The Hall–Kier alpha value is -2.28. The van der Waals surface area contributed by atoms with Crippen LogP contribution in [0.25, 0.3) is 0 Å². The highest BCUT2D eigenvalue weighted by Crippen LogP contribution is 2.40. The Balaban J connectivity index is 1.58. The van der Waals surface area contributed by atoms with Crippen LogP contribution in [0.15, 0.2) is 30.5 Å². The van der Waals surface area contributed by atoms with Crippen molar-refractivity contribution in [2.24, 2.45) is 0 Å². The average Bonchev–Trinajstić information content (AvgIpc) is 3.03. The number of anilines is 1. The molecule has 24 heavy (non-hydrogen) atoms. The van der Waals surface area contributed by atoms with E-state index in [2.05, 4.69) is 10.3 Å². The summed E-state index contributed by atoms with van der Waals surface area (Å²) in [6.45, 7) is 0.560. The first-order chi connectivity index (χ1) is 11.6. The molecule has 2 fully saturated rings. The minimum Gasteiger partial charge on any atom is -0.383 e. The molecule has 4 rings (SSSR count). The summed E-state index contributed by atoms with van der Waals surface area (Å²) in [7, 11) is 0. The molecule has 2 aromatic rings. The molecule has 7 heteroatoms. The summed E-state index contributed by atoms with van der Waals surface area (Å²) in [5.41, 5.74) is 0.199. The first kappa shape index (κ1) is 15.3. The van der Waals surface area contributed by atoms with Gasteiger partial charge >= 0.3 is 0 Å². The number of hydrogen-bond donors (Lipinski definition) is 1. The Kier molecular flexibility index (Phi) is 3.60. The molecule has 0 spiro atoms. The SMILES string of the molecule is O=C1C(n2cc(C3(O)CCC3)nn2)CCCN1c1cccc(F)c1. The highest BCUT2D eigenvalue weighted by molar-refractivity contribution is 5.96. The minimum absolute atomic E-state index is 0.121.